The second-order valence-electron chi connectivity index (χ2n) is 25.4. The number of allylic oxidation sites excluding steroid dienone is 6. The monoisotopic (exact) mass is 1130 g/mol. The molecule has 1 unspecified atom stereocenters. The van der Waals surface area contributed by atoms with Gasteiger partial charge in [-0.25, -0.2) is 4.79 Å². The fourth-order valence-corrected chi connectivity index (χ4v) is 13.0. The van der Waals surface area contributed by atoms with E-state index in [-0.39, 0.29) is 61.9 Å². The number of fused-ring (bicyclic) bond motifs is 3. The summed E-state index contributed by atoms with van der Waals surface area (Å²) in [6.07, 6.45) is 11.3. The quantitative estimate of drug-likeness (QED) is 0.123. The topological polar surface area (TPSA) is 209 Å². The van der Waals surface area contributed by atoms with Gasteiger partial charge in [0.1, 0.15) is 29.8 Å². The molecule has 15 atom stereocenters. The zero-order valence-electron chi connectivity index (χ0n) is 50.5. The first kappa shape index (κ1) is 66.1. The number of cyclic esters (lactones) is 1. The van der Waals surface area contributed by atoms with Crippen LogP contribution in [-0.2, 0) is 71.1 Å². The summed E-state index contributed by atoms with van der Waals surface area (Å²) in [5.74, 6) is -8.90. The van der Waals surface area contributed by atoms with Crippen LogP contribution in [0.25, 0.3) is 0 Å². The van der Waals surface area contributed by atoms with Gasteiger partial charge in [-0.15, -0.1) is 0 Å². The molecular formula is C61H97NO16Si. The molecule has 4 fully saturated rings. The molecule has 4 aliphatic heterocycles. The molecule has 0 aromatic heterocycles. The fourth-order valence-electron chi connectivity index (χ4n) is 11.8. The molecule has 17 nitrogen and oxygen atoms in total. The molecule has 0 aromatic rings. The molecule has 446 valence electrons. The molecule has 5 aliphatic rings. The summed E-state index contributed by atoms with van der Waals surface area (Å²) in [7, 11) is 2.37. The molecule has 0 radical (unpaired) electrons. The zero-order chi connectivity index (χ0) is 58.8. The number of carbonyl (C=O) groups is 6. The van der Waals surface area contributed by atoms with E-state index in [1.807, 2.05) is 83.8 Å². The molecule has 1 aliphatic carbocycles. The Balaban J connectivity index is 1.47. The Labute approximate surface area is 472 Å². The van der Waals surface area contributed by atoms with Crippen LogP contribution < -0.4 is 0 Å². The number of ketones is 3. The zero-order valence-corrected chi connectivity index (χ0v) is 51.5. The van der Waals surface area contributed by atoms with E-state index in [0.29, 0.717) is 63.4 Å². The summed E-state index contributed by atoms with van der Waals surface area (Å²) in [5.41, 5.74) is 0.287. The van der Waals surface area contributed by atoms with Crippen molar-refractivity contribution in [2.24, 2.45) is 40.9 Å². The lowest BCUT2D eigenvalue weighted by molar-refractivity contribution is -0.283. The number of methoxy groups -OCH3 is 3. The number of esters is 2. The van der Waals surface area contributed by atoms with Crippen LogP contribution in [0, 0.1) is 40.9 Å². The van der Waals surface area contributed by atoms with E-state index in [0.717, 1.165) is 5.57 Å². The highest BCUT2D eigenvalue weighted by atomic mass is 28.4. The molecule has 1 N–H and O–H groups in total. The minimum absolute atomic E-state index is 0.0252. The normalized spacial score (nSPS) is 35.7. The van der Waals surface area contributed by atoms with Crippen LogP contribution >= 0.6 is 0 Å². The van der Waals surface area contributed by atoms with Crippen molar-refractivity contribution in [2.45, 2.75) is 220 Å². The van der Waals surface area contributed by atoms with Crippen molar-refractivity contribution in [3.63, 3.8) is 0 Å². The number of rotatable bonds is 10. The van der Waals surface area contributed by atoms with Gasteiger partial charge in [0.2, 0.25) is 5.79 Å². The lowest BCUT2D eigenvalue weighted by Crippen LogP contribution is -2.59. The molecule has 0 aromatic carbocycles. The van der Waals surface area contributed by atoms with E-state index in [4.69, 9.17) is 42.3 Å². The molecule has 18 heteroatoms. The summed E-state index contributed by atoms with van der Waals surface area (Å²) in [5, 5.41) is 12.0. The largest absolute Gasteiger partial charge is 0.460 e. The third-order valence-electron chi connectivity index (χ3n) is 16.9. The van der Waals surface area contributed by atoms with E-state index in [2.05, 4.69) is 6.92 Å². The van der Waals surface area contributed by atoms with Gasteiger partial charge in [0, 0.05) is 58.5 Å². The predicted octanol–water partition coefficient (Wildman–Crippen LogP) is 8.99. The third-order valence-corrected chi connectivity index (χ3v) is 17.9. The fraction of sp³-hybridized carbons (Fsp3) is 0.770. The summed E-state index contributed by atoms with van der Waals surface area (Å²) >= 11 is 0. The molecule has 4 heterocycles. The summed E-state index contributed by atoms with van der Waals surface area (Å²) < 4.78 is 54.9. The minimum atomic E-state index is -2.45. The van der Waals surface area contributed by atoms with Crippen molar-refractivity contribution in [3.8, 4) is 0 Å². The number of nitrogens with zero attached hydrogens (tertiary/aromatic N) is 1. The van der Waals surface area contributed by atoms with Gasteiger partial charge >= 0.3 is 11.9 Å². The molecule has 79 heavy (non-hydrogen) atoms. The Kier molecular flexibility index (Phi) is 23.8. The van der Waals surface area contributed by atoms with E-state index in [9.17, 15) is 33.9 Å². The SMILES string of the molecule is CO[C@H]1C[C@@H]2CC[C@@H](C)[C@@](O)(O2)C(=O)C(=O)N2CCC[C@H]2C(=O)O[C@H]([C@H](C)C[C@@H]2CC[C@@H](OC(=O)C3(C)COC(C)(C)OC3)[C@H](OC)C2)CC(=O)C(C)=CC(C)[C@@H](O[Si](C)(C)C)[C@@H](OC)C(=O)[C@H](C)C[C@H](C)C=CC=CC=C1C. The van der Waals surface area contributed by atoms with E-state index in [1.54, 1.807) is 48.8 Å². The smallest absolute Gasteiger partial charge is 0.329 e. The molecule has 1 saturated carbocycles. The number of ether oxygens (including phenoxy) is 8. The van der Waals surface area contributed by atoms with Crippen LogP contribution in [-0.4, -0.2) is 155 Å². The minimum Gasteiger partial charge on any atom is -0.460 e. The first-order valence-electron chi connectivity index (χ1n) is 28.9. The number of Topliss-reactive ketones (excluding diaryl/α,β-unsaturated/α-hetero) is 3. The van der Waals surface area contributed by atoms with Crippen LogP contribution in [0.4, 0.5) is 0 Å². The highest BCUT2D eigenvalue weighted by Gasteiger charge is 2.54. The Morgan fingerprint density at radius 3 is 2.16 bits per heavy atom. The number of aliphatic hydroxyl groups is 1. The second-order valence-corrected chi connectivity index (χ2v) is 29.8. The van der Waals surface area contributed by atoms with E-state index >= 15 is 0 Å². The standard InChI is InChI=1S/C61H97NO16Si/c1-37-21-18-17-19-22-38(2)49(70-11)33-45-26-24-43(7)61(69,77-45)55(65)56(66)62-28-20-23-46(62)57(67)75-50(34-47(63)39(3)30-42(6)53(78-79(14,15)16)54(72-13)52(64)41(5)29-37)40(4)31-44-25-27-48(51(32-44)71-12)76-58(68)60(10)35-73-59(8,9)74-36-60/h17-19,21-22,30,37,40-46,48-51,53-54,69H,20,23-29,31-36H2,1-16H3/t37-,40-,41-,42?,43-,44+,45+,46+,48-,49+,50+,51-,53-,54+,61-/m1/s1. The Hall–Kier alpha value is -3.72. The van der Waals surface area contributed by atoms with Crippen molar-refractivity contribution >= 4 is 43.5 Å². The average molecular weight is 1130 g/mol. The summed E-state index contributed by atoms with van der Waals surface area (Å²) in [6.45, 7) is 25.0. The van der Waals surface area contributed by atoms with Crippen molar-refractivity contribution < 1.29 is 76.2 Å². The van der Waals surface area contributed by atoms with E-state index < -0.39 is 115 Å². The lowest BCUT2D eigenvalue weighted by Gasteiger charge is -2.42. The van der Waals surface area contributed by atoms with Gasteiger partial charge in [0.25, 0.3) is 11.7 Å². The average Bonchev–Trinajstić information content (AvgIpc) is 3.93. The van der Waals surface area contributed by atoms with Gasteiger partial charge < -0.3 is 52.3 Å². The van der Waals surface area contributed by atoms with Crippen LogP contribution in [0.2, 0.25) is 19.6 Å². The molecule has 2 bridgehead atoms. The van der Waals surface area contributed by atoms with Crippen molar-refractivity contribution in [1.82, 2.24) is 4.90 Å². The first-order chi connectivity index (χ1) is 37.0. The van der Waals surface area contributed by atoms with Gasteiger partial charge in [-0.3, -0.25) is 24.0 Å². The highest BCUT2D eigenvalue weighted by molar-refractivity contribution is 6.69. The third kappa shape index (κ3) is 17.6. The van der Waals surface area contributed by atoms with Gasteiger partial charge in [0.15, 0.2) is 25.7 Å². The number of hydrogen-bond acceptors (Lipinski definition) is 16. The van der Waals surface area contributed by atoms with Gasteiger partial charge in [-0.1, -0.05) is 71.1 Å². The van der Waals surface area contributed by atoms with Crippen molar-refractivity contribution in [1.29, 1.82) is 0 Å². The highest BCUT2D eigenvalue weighted by Crippen LogP contribution is 2.40. The van der Waals surface area contributed by atoms with Crippen molar-refractivity contribution in [2.75, 3.05) is 41.1 Å². The number of amides is 1. The van der Waals surface area contributed by atoms with E-state index in [1.165, 1.54) is 12.0 Å². The summed E-state index contributed by atoms with van der Waals surface area (Å²) in [4.78, 5) is 87.1. The van der Waals surface area contributed by atoms with Crippen LogP contribution in [0.5, 0.6) is 0 Å². The van der Waals surface area contributed by atoms with Crippen LogP contribution in [0.1, 0.15) is 140 Å². The molecule has 5 rings (SSSR count). The lowest BCUT2D eigenvalue weighted by atomic mass is 9.78. The number of carbonyl (C=O) groups excluding carboxylic acids is 6. The molecular weight excluding hydrogens is 1030 g/mol. The predicted molar refractivity (Wildman–Crippen MR) is 301 cm³/mol. The van der Waals surface area contributed by atoms with Gasteiger partial charge in [0.05, 0.1) is 37.6 Å². The Bertz CT molecular complexity index is 2240. The van der Waals surface area contributed by atoms with Crippen LogP contribution in [0.3, 0.4) is 0 Å². The second kappa shape index (κ2) is 28.5. The molecule has 1 amide bonds. The summed E-state index contributed by atoms with van der Waals surface area (Å²) in [6, 6.07) is -1.16. The Morgan fingerprint density at radius 2 is 1.53 bits per heavy atom. The van der Waals surface area contributed by atoms with Crippen molar-refractivity contribution in [3.05, 3.63) is 47.6 Å². The number of hydrogen-bond donors (Lipinski definition) is 1. The molecule has 3 saturated heterocycles. The first-order valence-corrected chi connectivity index (χ1v) is 32.3. The maximum Gasteiger partial charge on any atom is 0.329 e. The van der Waals surface area contributed by atoms with Gasteiger partial charge in [-0.05, 0) is 141 Å². The Morgan fingerprint density at radius 1 is 0.848 bits per heavy atom. The molecule has 0 spiro atoms. The van der Waals surface area contributed by atoms with Crippen LogP contribution in [0.15, 0.2) is 47.6 Å². The van der Waals surface area contributed by atoms with Gasteiger partial charge in [-0.2, -0.15) is 0 Å². The maximum absolute atomic E-state index is 14.6. The maximum atomic E-state index is 14.6.